The van der Waals surface area contributed by atoms with Crippen LogP contribution < -0.4 is 59.5 Å². The second-order valence-corrected chi connectivity index (χ2v) is 16.6. The molecular weight excluding hydrogens is 759 g/mol. The van der Waals surface area contributed by atoms with Crippen LogP contribution in [0.5, 0.6) is 0 Å². The molecule has 9 aromatic rings. The van der Waals surface area contributed by atoms with Gasteiger partial charge in [-0.1, -0.05) is 143 Å². The molecule has 272 valence electrons. The van der Waals surface area contributed by atoms with E-state index < -0.39 is 5.41 Å². The van der Waals surface area contributed by atoms with E-state index in [0.29, 0.717) is 11.1 Å². The maximum Gasteiger partial charge on any atom is 0.113 e. The molecule has 0 aliphatic heterocycles. The van der Waals surface area contributed by atoms with Gasteiger partial charge in [0.15, 0.2) is 0 Å². The second kappa shape index (κ2) is 14.9. The maximum absolute atomic E-state index is 6.55. The third-order valence-electron chi connectivity index (χ3n) is 13.4. The van der Waals surface area contributed by atoms with Crippen LogP contribution in [0.3, 0.4) is 0 Å². The second-order valence-electron chi connectivity index (χ2n) is 16.6. The lowest BCUT2D eigenvalue weighted by molar-refractivity contribution is 0.794. The monoisotopic (exact) mass is 785 g/mol. The molecule has 0 N–H and O–H groups in total. The lowest BCUT2D eigenvalue weighted by Crippen LogP contribution is -2.55. The summed E-state index contributed by atoms with van der Waals surface area (Å²) in [6.07, 6.45) is 0. The first-order chi connectivity index (χ1) is 30.9. The van der Waals surface area contributed by atoms with Crippen molar-refractivity contribution in [1.82, 2.24) is 0 Å². The average Bonchev–Trinajstić information content (AvgIpc) is 3.81. The van der Waals surface area contributed by atoms with Gasteiger partial charge in [-0.25, -0.2) is 0 Å². The highest BCUT2D eigenvalue weighted by Crippen LogP contribution is 2.65. The fourth-order valence-corrected chi connectivity index (χ4v) is 10.4. The van der Waals surface area contributed by atoms with E-state index in [-0.39, 0.29) is 54.6 Å². The highest BCUT2D eigenvalue weighted by molar-refractivity contribution is 6.70. The molecule has 1 spiro atoms. The van der Waals surface area contributed by atoms with Crippen molar-refractivity contribution in [3.05, 3.63) is 174 Å². The Hall–Kier alpha value is -6.31. The molecule has 0 fully saturated rings. The first kappa shape index (κ1) is 40.5. The van der Waals surface area contributed by atoms with Gasteiger partial charge in [0.05, 0.1) is 11.1 Å². The van der Waals surface area contributed by atoms with Crippen LogP contribution in [0.25, 0.3) is 55.3 Å². The Balaban J connectivity index is 1.16. The molecule has 0 amide bonds. The van der Waals surface area contributed by atoms with Gasteiger partial charge in [-0.05, 0) is 102 Å². The van der Waals surface area contributed by atoms with Gasteiger partial charge in [0.2, 0.25) is 0 Å². The summed E-state index contributed by atoms with van der Waals surface area (Å²) in [6, 6.07) is 53.4. The van der Waals surface area contributed by atoms with E-state index in [4.69, 9.17) is 78.5 Å². The highest BCUT2D eigenvalue weighted by atomic mass is 15.1. The van der Waals surface area contributed by atoms with Crippen LogP contribution in [0, 0.1) is 0 Å². The quantitative estimate of drug-likeness (QED) is 0.242. The van der Waals surface area contributed by atoms with Crippen molar-refractivity contribution >= 4 is 161 Å². The molecule has 64 heavy (non-hydrogen) atoms. The standard InChI is InChI=1S/C53H25B10N/c54-43-39(44(55)48(59)51(62)47(43)58)27-16-21-29(22-17-27)64(30-23-18-28(19-24-30)40-45(56)49(60)52(63)50(61)46(40)57)38-15-7-14-36-42(38)33-11-4-6-13-35(33)53(36)34-12-5-3-10-32(34)41-31-9-2-1-8-26(31)20-25-37(41)53/h1-25H. The van der Waals surface area contributed by atoms with Crippen molar-refractivity contribution < 1.29 is 0 Å². The van der Waals surface area contributed by atoms with Crippen LogP contribution in [0.2, 0.25) is 0 Å². The van der Waals surface area contributed by atoms with Crippen LogP contribution in [0.15, 0.2) is 152 Å². The summed E-state index contributed by atoms with van der Waals surface area (Å²) in [5.74, 6) is 0. The number of benzene rings is 9. The molecule has 0 saturated carbocycles. The minimum Gasteiger partial charge on any atom is -0.310 e. The molecule has 2 aliphatic carbocycles. The zero-order chi connectivity index (χ0) is 44.3. The summed E-state index contributed by atoms with van der Waals surface area (Å²) in [4.78, 5) is 2.25. The SMILES string of the molecule is [B]c1c([B])c([B])c(-c2ccc(N(c3ccc(-c4c([B])c([B])c([B])c([B])c4[B])cc3)c3cccc4c3-c3ccccc3C43c4ccccc4-c4c3ccc3ccccc43)cc2)c([B])c1[B]. The maximum atomic E-state index is 6.55. The molecule has 1 nitrogen and oxygen atoms in total. The summed E-state index contributed by atoms with van der Waals surface area (Å²) >= 11 is 0. The molecule has 1 unspecified atom stereocenters. The molecule has 1 atom stereocenters. The van der Waals surface area contributed by atoms with Gasteiger partial charge in [0, 0.05) is 16.9 Å². The third kappa shape index (κ3) is 5.52. The van der Waals surface area contributed by atoms with E-state index in [1.807, 2.05) is 48.5 Å². The van der Waals surface area contributed by atoms with Crippen molar-refractivity contribution in [1.29, 1.82) is 0 Å². The van der Waals surface area contributed by atoms with E-state index in [1.54, 1.807) is 0 Å². The van der Waals surface area contributed by atoms with Crippen molar-refractivity contribution in [2.45, 2.75) is 5.41 Å². The Bertz CT molecular complexity index is 3280. The van der Waals surface area contributed by atoms with E-state index in [2.05, 4.69) is 108 Å². The summed E-state index contributed by atoms with van der Waals surface area (Å²) in [5.41, 5.74) is 16.4. The molecule has 0 heterocycles. The first-order valence-corrected chi connectivity index (χ1v) is 20.8. The highest BCUT2D eigenvalue weighted by Gasteiger charge is 2.52. The average molecular weight is 784 g/mol. The summed E-state index contributed by atoms with van der Waals surface area (Å²) < 4.78 is 0. The predicted octanol–water partition coefficient (Wildman–Crippen LogP) is 1.93. The van der Waals surface area contributed by atoms with Crippen LogP contribution >= 0.6 is 0 Å². The Morgan fingerprint density at radius 2 is 0.703 bits per heavy atom. The van der Waals surface area contributed by atoms with Gasteiger partial charge >= 0.3 is 0 Å². The van der Waals surface area contributed by atoms with E-state index in [1.165, 1.54) is 44.2 Å². The normalized spacial score (nSPS) is 14.3. The molecule has 0 saturated heterocycles. The summed E-state index contributed by atoms with van der Waals surface area (Å²) in [7, 11) is 63.8. The summed E-state index contributed by atoms with van der Waals surface area (Å²) in [5, 5.41) is 2.43. The van der Waals surface area contributed by atoms with Gasteiger partial charge in [-0.2, -0.15) is 0 Å². The van der Waals surface area contributed by atoms with Gasteiger partial charge in [0.25, 0.3) is 0 Å². The van der Waals surface area contributed by atoms with Crippen LogP contribution in [0.4, 0.5) is 17.1 Å². The number of anilines is 3. The Labute approximate surface area is 387 Å². The van der Waals surface area contributed by atoms with Crippen molar-refractivity contribution in [3.8, 4) is 44.5 Å². The topological polar surface area (TPSA) is 3.24 Å². The van der Waals surface area contributed by atoms with Crippen LogP contribution in [0.1, 0.15) is 22.3 Å². The molecule has 2 aliphatic rings. The Morgan fingerprint density at radius 3 is 1.22 bits per heavy atom. The number of nitrogens with zero attached hydrogens (tertiary/aromatic N) is 1. The molecule has 0 bridgehead atoms. The van der Waals surface area contributed by atoms with Gasteiger partial charge in [-0.15, -0.1) is 32.8 Å². The minimum absolute atomic E-state index is 0.162. The van der Waals surface area contributed by atoms with Gasteiger partial charge in [-0.3, -0.25) is 0 Å². The molecule has 20 radical (unpaired) electrons. The minimum atomic E-state index is -0.592. The van der Waals surface area contributed by atoms with Crippen molar-refractivity contribution in [2.24, 2.45) is 0 Å². The number of rotatable bonds is 5. The zero-order valence-corrected chi connectivity index (χ0v) is 34.7. The fourth-order valence-electron chi connectivity index (χ4n) is 10.4. The van der Waals surface area contributed by atoms with Gasteiger partial charge < -0.3 is 4.90 Å². The third-order valence-corrected chi connectivity index (χ3v) is 13.4. The molecule has 11 heteroatoms. The van der Waals surface area contributed by atoms with E-state index in [0.717, 1.165) is 39.3 Å². The summed E-state index contributed by atoms with van der Waals surface area (Å²) in [6.45, 7) is 0. The van der Waals surface area contributed by atoms with Gasteiger partial charge in [0.1, 0.15) is 78.5 Å². The number of hydrogen-bond donors (Lipinski definition) is 0. The van der Waals surface area contributed by atoms with Crippen LogP contribution in [-0.4, -0.2) is 78.5 Å². The lowest BCUT2D eigenvalue weighted by Gasteiger charge is -2.32. The lowest BCUT2D eigenvalue weighted by atomic mass is 9.59. The van der Waals surface area contributed by atoms with E-state index in [9.17, 15) is 0 Å². The van der Waals surface area contributed by atoms with Crippen molar-refractivity contribution in [2.75, 3.05) is 4.90 Å². The van der Waals surface area contributed by atoms with Crippen LogP contribution in [-0.2, 0) is 5.41 Å². The largest absolute Gasteiger partial charge is 0.310 e. The molecular formula is C53H25B10N. The van der Waals surface area contributed by atoms with Crippen molar-refractivity contribution in [3.63, 3.8) is 0 Å². The predicted molar refractivity (Wildman–Crippen MR) is 280 cm³/mol. The first-order valence-electron chi connectivity index (χ1n) is 20.8. The Morgan fingerprint density at radius 1 is 0.297 bits per heavy atom. The fraction of sp³-hybridized carbons (Fsp3) is 0.0189. The Kier molecular flexibility index (Phi) is 9.41. The smallest absolute Gasteiger partial charge is 0.113 e. The molecule has 9 aromatic carbocycles. The van der Waals surface area contributed by atoms with E-state index >= 15 is 0 Å². The molecule has 11 rings (SSSR count). The number of hydrogen-bond acceptors (Lipinski definition) is 1. The zero-order valence-electron chi connectivity index (χ0n) is 34.7. The number of fused-ring (bicyclic) bond motifs is 12. The molecule has 0 aromatic heterocycles.